The van der Waals surface area contributed by atoms with Crippen molar-refractivity contribution < 1.29 is 10.5 Å². The van der Waals surface area contributed by atoms with E-state index >= 15 is 0 Å². The molecule has 0 bridgehead atoms. The first-order valence-electron chi connectivity index (χ1n) is 2.73. The topological polar surface area (TPSA) is 56.7 Å². The van der Waals surface area contributed by atoms with Crippen molar-refractivity contribution in [1.82, 2.24) is 5.32 Å². The van der Waals surface area contributed by atoms with Gasteiger partial charge in [-0.3, -0.25) is 4.79 Å². The average Bonchev–Trinajstić information content (AvgIpc) is 1.84. The number of hydrogen-bond acceptors (Lipinski definition) is 1. The standard InChI is InChI=1S/C5H12N2O/c1-4(3-6)5(8)7-2/h4H,3,6H2,1-2H3,(H,7,8)/p+1. The Morgan fingerprint density at radius 3 is 2.50 bits per heavy atom. The smallest absolute Gasteiger partial charge is 0.228 e. The van der Waals surface area contributed by atoms with E-state index in [-0.39, 0.29) is 11.8 Å². The van der Waals surface area contributed by atoms with Gasteiger partial charge in [0.25, 0.3) is 0 Å². The third kappa shape index (κ3) is 1.93. The molecule has 0 aromatic carbocycles. The predicted molar refractivity (Wildman–Crippen MR) is 31.0 cm³/mol. The van der Waals surface area contributed by atoms with E-state index in [1.807, 2.05) is 6.92 Å². The molecule has 0 rings (SSSR count). The van der Waals surface area contributed by atoms with E-state index in [4.69, 9.17) is 0 Å². The lowest BCUT2D eigenvalue weighted by atomic mass is 10.2. The molecule has 0 fully saturated rings. The van der Waals surface area contributed by atoms with Crippen molar-refractivity contribution in [2.75, 3.05) is 13.6 Å². The molecule has 1 amide bonds. The number of carbonyl (C=O) groups is 1. The molecule has 1 atom stereocenters. The summed E-state index contributed by atoms with van der Waals surface area (Å²) in [5, 5.41) is 2.54. The molecule has 0 heterocycles. The predicted octanol–water partition coefficient (Wildman–Crippen LogP) is -1.39. The second-order valence-corrected chi connectivity index (χ2v) is 1.80. The van der Waals surface area contributed by atoms with Gasteiger partial charge in [-0.1, -0.05) is 0 Å². The summed E-state index contributed by atoms with van der Waals surface area (Å²) in [5.41, 5.74) is 3.59. The summed E-state index contributed by atoms with van der Waals surface area (Å²) < 4.78 is 0. The van der Waals surface area contributed by atoms with Crippen molar-refractivity contribution >= 4 is 5.91 Å². The molecule has 0 saturated carbocycles. The fourth-order valence-corrected chi connectivity index (χ4v) is 0.377. The highest BCUT2D eigenvalue weighted by Crippen LogP contribution is 1.86. The van der Waals surface area contributed by atoms with Crippen LogP contribution in [-0.4, -0.2) is 19.5 Å². The fourth-order valence-electron chi connectivity index (χ4n) is 0.377. The number of amides is 1. The van der Waals surface area contributed by atoms with E-state index in [0.29, 0.717) is 6.54 Å². The van der Waals surface area contributed by atoms with Crippen LogP contribution in [0.3, 0.4) is 0 Å². The molecular weight excluding hydrogens is 104 g/mol. The van der Waals surface area contributed by atoms with E-state index in [9.17, 15) is 4.79 Å². The van der Waals surface area contributed by atoms with Crippen LogP contribution in [0.4, 0.5) is 0 Å². The Balaban J connectivity index is 3.46. The largest absolute Gasteiger partial charge is 0.359 e. The van der Waals surface area contributed by atoms with Crippen LogP contribution in [0.15, 0.2) is 0 Å². The van der Waals surface area contributed by atoms with Gasteiger partial charge in [-0.15, -0.1) is 0 Å². The number of hydrogen-bond donors (Lipinski definition) is 2. The lowest BCUT2D eigenvalue weighted by molar-refractivity contribution is -0.374. The molecule has 0 aliphatic carbocycles. The van der Waals surface area contributed by atoms with E-state index in [2.05, 4.69) is 11.1 Å². The quantitative estimate of drug-likeness (QED) is 0.459. The van der Waals surface area contributed by atoms with Gasteiger partial charge < -0.3 is 11.1 Å². The molecule has 0 aliphatic rings. The highest BCUT2D eigenvalue weighted by molar-refractivity contribution is 5.77. The maximum absolute atomic E-state index is 10.6. The van der Waals surface area contributed by atoms with Gasteiger partial charge in [-0.25, -0.2) is 0 Å². The van der Waals surface area contributed by atoms with E-state index in [1.165, 1.54) is 0 Å². The lowest BCUT2D eigenvalue weighted by Crippen LogP contribution is -2.55. The number of nitrogens with one attached hydrogen (secondary N) is 1. The summed E-state index contributed by atoms with van der Waals surface area (Å²) in [6, 6.07) is 0. The molecule has 1 unspecified atom stereocenters. The zero-order valence-electron chi connectivity index (χ0n) is 5.40. The van der Waals surface area contributed by atoms with Crippen molar-refractivity contribution in [3.05, 3.63) is 0 Å². The molecule has 0 aromatic heterocycles. The normalized spacial score (nSPS) is 12.9. The summed E-state index contributed by atoms with van der Waals surface area (Å²) in [6.07, 6.45) is 0. The Hall–Kier alpha value is -0.570. The second kappa shape index (κ2) is 3.43. The van der Waals surface area contributed by atoms with Crippen LogP contribution in [0.5, 0.6) is 0 Å². The monoisotopic (exact) mass is 117 g/mol. The van der Waals surface area contributed by atoms with Gasteiger partial charge in [0.05, 0.1) is 12.5 Å². The first-order chi connectivity index (χ1) is 3.72. The van der Waals surface area contributed by atoms with Crippen LogP contribution in [0.1, 0.15) is 6.92 Å². The average molecular weight is 117 g/mol. The van der Waals surface area contributed by atoms with Crippen molar-refractivity contribution in [3.63, 3.8) is 0 Å². The SMILES string of the molecule is CNC(=O)C(C)C[NH3+]. The zero-order chi connectivity index (χ0) is 6.57. The Kier molecular flexibility index (Phi) is 3.19. The molecule has 3 heteroatoms. The Bertz CT molecular complexity index is 82.5. The molecule has 0 radical (unpaired) electrons. The minimum atomic E-state index is 0.0556. The zero-order valence-corrected chi connectivity index (χ0v) is 5.40. The Labute approximate surface area is 49.3 Å². The summed E-state index contributed by atoms with van der Waals surface area (Å²) in [6.45, 7) is 2.52. The summed E-state index contributed by atoms with van der Waals surface area (Å²) in [4.78, 5) is 10.6. The highest BCUT2D eigenvalue weighted by Gasteiger charge is 2.08. The van der Waals surface area contributed by atoms with E-state index in [1.54, 1.807) is 7.05 Å². The number of carbonyl (C=O) groups excluding carboxylic acids is 1. The summed E-state index contributed by atoms with van der Waals surface area (Å²) in [5.74, 6) is 0.125. The van der Waals surface area contributed by atoms with Crippen LogP contribution in [0, 0.1) is 5.92 Å². The van der Waals surface area contributed by atoms with E-state index < -0.39 is 0 Å². The van der Waals surface area contributed by atoms with Crippen LogP contribution >= 0.6 is 0 Å². The maximum atomic E-state index is 10.6. The lowest BCUT2D eigenvalue weighted by Gasteiger charge is -2.01. The Morgan fingerprint density at radius 2 is 2.38 bits per heavy atom. The third-order valence-electron chi connectivity index (χ3n) is 1.13. The van der Waals surface area contributed by atoms with Gasteiger partial charge in [-0.2, -0.15) is 0 Å². The third-order valence-corrected chi connectivity index (χ3v) is 1.13. The second-order valence-electron chi connectivity index (χ2n) is 1.80. The molecular formula is C5H13N2O+. The van der Waals surface area contributed by atoms with Crippen molar-refractivity contribution in [3.8, 4) is 0 Å². The van der Waals surface area contributed by atoms with Gasteiger partial charge in [0.15, 0.2) is 0 Å². The number of rotatable bonds is 2. The molecule has 0 saturated heterocycles. The molecule has 3 nitrogen and oxygen atoms in total. The van der Waals surface area contributed by atoms with E-state index in [0.717, 1.165) is 0 Å². The van der Waals surface area contributed by atoms with Gasteiger partial charge in [0.2, 0.25) is 5.91 Å². The van der Waals surface area contributed by atoms with Gasteiger partial charge >= 0.3 is 0 Å². The van der Waals surface area contributed by atoms with Gasteiger partial charge in [-0.05, 0) is 6.92 Å². The highest BCUT2D eigenvalue weighted by atomic mass is 16.1. The van der Waals surface area contributed by atoms with Crippen LogP contribution in [0.25, 0.3) is 0 Å². The van der Waals surface area contributed by atoms with Crippen LogP contribution in [0.2, 0.25) is 0 Å². The molecule has 4 N–H and O–H groups in total. The number of quaternary nitrogens is 1. The first-order valence-corrected chi connectivity index (χ1v) is 2.73. The van der Waals surface area contributed by atoms with Crippen LogP contribution < -0.4 is 11.1 Å². The minimum absolute atomic E-state index is 0.0556. The van der Waals surface area contributed by atoms with Crippen molar-refractivity contribution in [1.29, 1.82) is 0 Å². The molecule has 0 spiro atoms. The van der Waals surface area contributed by atoms with Crippen LogP contribution in [-0.2, 0) is 4.79 Å². The maximum Gasteiger partial charge on any atom is 0.228 e. The first kappa shape index (κ1) is 7.43. The van der Waals surface area contributed by atoms with Gasteiger partial charge in [0, 0.05) is 7.05 Å². The molecule has 8 heavy (non-hydrogen) atoms. The van der Waals surface area contributed by atoms with Crippen molar-refractivity contribution in [2.45, 2.75) is 6.92 Å². The summed E-state index contributed by atoms with van der Waals surface area (Å²) in [7, 11) is 1.63. The van der Waals surface area contributed by atoms with Crippen molar-refractivity contribution in [2.24, 2.45) is 5.92 Å². The van der Waals surface area contributed by atoms with Gasteiger partial charge in [0.1, 0.15) is 0 Å². The molecule has 48 valence electrons. The molecule has 0 aliphatic heterocycles. The molecule has 0 aromatic rings. The Morgan fingerprint density at radius 1 is 1.88 bits per heavy atom. The fraction of sp³-hybridized carbons (Fsp3) is 0.800. The summed E-state index contributed by atoms with van der Waals surface area (Å²) >= 11 is 0. The minimum Gasteiger partial charge on any atom is -0.359 e.